The molecule has 3 heteroatoms. The number of ether oxygens (including phenoxy) is 2. The molecule has 1 saturated heterocycles. The first-order chi connectivity index (χ1) is 10.9. The average molecular weight is 298 g/mol. The summed E-state index contributed by atoms with van der Waals surface area (Å²) in [7, 11) is 0. The van der Waals surface area contributed by atoms with Crippen molar-refractivity contribution in [1.29, 1.82) is 0 Å². The second kappa shape index (κ2) is 10.0. The van der Waals surface area contributed by atoms with Gasteiger partial charge in [0.25, 0.3) is 0 Å². The first kappa shape index (κ1) is 16.6. The van der Waals surface area contributed by atoms with E-state index in [0.717, 1.165) is 43.4 Å². The van der Waals surface area contributed by atoms with Gasteiger partial charge >= 0.3 is 0 Å². The smallest absolute Gasteiger partial charge is 0.157 e. The lowest BCUT2D eigenvalue weighted by Crippen LogP contribution is -2.22. The zero-order valence-electron chi connectivity index (χ0n) is 12.8. The first-order valence-electron chi connectivity index (χ1n) is 7.81. The summed E-state index contributed by atoms with van der Waals surface area (Å²) in [6.07, 6.45) is 5.00. The summed E-state index contributed by atoms with van der Waals surface area (Å²) < 4.78 is 11.2. The first-order valence-corrected chi connectivity index (χ1v) is 7.81. The minimum absolute atomic E-state index is 0.0174. The maximum atomic E-state index is 8.77. The number of aliphatic hydroxyl groups excluding tert-OH is 1. The van der Waals surface area contributed by atoms with E-state index in [-0.39, 0.29) is 12.9 Å². The van der Waals surface area contributed by atoms with Crippen LogP contribution in [0.2, 0.25) is 0 Å². The highest BCUT2D eigenvalue weighted by molar-refractivity contribution is 5.49. The molecule has 1 atom stereocenters. The van der Waals surface area contributed by atoms with Crippen molar-refractivity contribution in [2.45, 2.75) is 38.4 Å². The van der Waals surface area contributed by atoms with E-state index in [1.165, 1.54) is 6.42 Å². The summed E-state index contributed by atoms with van der Waals surface area (Å²) in [5.74, 6) is 11.9. The van der Waals surface area contributed by atoms with Gasteiger partial charge < -0.3 is 14.6 Å². The quantitative estimate of drug-likeness (QED) is 0.686. The van der Waals surface area contributed by atoms with Crippen LogP contribution < -0.4 is 0 Å². The zero-order valence-corrected chi connectivity index (χ0v) is 12.8. The van der Waals surface area contributed by atoms with E-state index in [2.05, 4.69) is 23.7 Å². The molecule has 22 heavy (non-hydrogen) atoms. The third-order valence-corrected chi connectivity index (χ3v) is 3.34. The standard InChI is InChI=1S/C19H22O3/c20-14-8-12-18-11-4-3-10-17(18)9-2-1-6-15-21-19-13-5-7-16-22-19/h3-4,10-11,19-20H,1,5-7,13-16H2. The molecule has 1 fully saturated rings. The molecule has 3 nitrogen and oxygen atoms in total. The molecule has 0 aromatic heterocycles. The van der Waals surface area contributed by atoms with Crippen LogP contribution in [0.15, 0.2) is 24.3 Å². The fourth-order valence-electron chi connectivity index (χ4n) is 2.21. The molecule has 0 spiro atoms. The Kier molecular flexibility index (Phi) is 7.56. The molecule has 116 valence electrons. The third kappa shape index (κ3) is 5.92. The van der Waals surface area contributed by atoms with Gasteiger partial charge in [0.2, 0.25) is 0 Å². The molecule has 2 rings (SSSR count). The van der Waals surface area contributed by atoms with E-state index < -0.39 is 0 Å². The molecule has 0 saturated carbocycles. The molecule has 1 aromatic rings. The predicted molar refractivity (Wildman–Crippen MR) is 86.1 cm³/mol. The maximum absolute atomic E-state index is 8.77. The Balaban J connectivity index is 1.74. The predicted octanol–water partition coefficient (Wildman–Crippen LogP) is 2.71. The van der Waals surface area contributed by atoms with E-state index in [4.69, 9.17) is 14.6 Å². The van der Waals surface area contributed by atoms with Crippen LogP contribution in [0, 0.1) is 23.7 Å². The molecule has 0 aliphatic carbocycles. The van der Waals surface area contributed by atoms with Gasteiger partial charge in [0.1, 0.15) is 6.61 Å². The lowest BCUT2D eigenvalue weighted by molar-refractivity contribution is -0.162. The largest absolute Gasteiger partial charge is 0.384 e. The van der Waals surface area contributed by atoms with Gasteiger partial charge in [0.05, 0.1) is 6.61 Å². The van der Waals surface area contributed by atoms with Crippen molar-refractivity contribution in [3.63, 3.8) is 0 Å². The van der Waals surface area contributed by atoms with E-state index in [1.807, 2.05) is 24.3 Å². The van der Waals surface area contributed by atoms with Gasteiger partial charge in [-0.2, -0.15) is 0 Å². The Hall–Kier alpha value is -1.78. The van der Waals surface area contributed by atoms with E-state index in [0.29, 0.717) is 6.61 Å². The minimum atomic E-state index is -0.137. The fraction of sp³-hybridized carbons (Fsp3) is 0.474. The molecule has 1 heterocycles. The molecule has 0 amide bonds. The minimum Gasteiger partial charge on any atom is -0.384 e. The van der Waals surface area contributed by atoms with Gasteiger partial charge in [-0.3, -0.25) is 0 Å². The van der Waals surface area contributed by atoms with Crippen LogP contribution in [0.1, 0.15) is 43.2 Å². The topological polar surface area (TPSA) is 38.7 Å². The number of aliphatic hydroxyl groups is 1. The highest BCUT2D eigenvalue weighted by Gasteiger charge is 2.12. The molecule has 1 aliphatic heterocycles. The maximum Gasteiger partial charge on any atom is 0.157 e. The lowest BCUT2D eigenvalue weighted by atomic mass is 10.1. The van der Waals surface area contributed by atoms with Crippen LogP contribution in [0.4, 0.5) is 0 Å². The Morgan fingerprint density at radius 2 is 1.91 bits per heavy atom. The van der Waals surface area contributed by atoms with Crippen LogP contribution in [-0.4, -0.2) is 31.2 Å². The Morgan fingerprint density at radius 3 is 2.59 bits per heavy atom. The van der Waals surface area contributed by atoms with Crippen molar-refractivity contribution in [3.05, 3.63) is 35.4 Å². The van der Waals surface area contributed by atoms with E-state index in [1.54, 1.807) is 0 Å². The normalized spacial score (nSPS) is 17.0. The molecule has 1 aliphatic rings. The number of hydrogen-bond donors (Lipinski definition) is 1. The zero-order chi connectivity index (χ0) is 15.5. The summed E-state index contributed by atoms with van der Waals surface area (Å²) in [5, 5.41) is 8.77. The molecule has 1 N–H and O–H groups in total. The summed E-state index contributed by atoms with van der Waals surface area (Å²) in [6, 6.07) is 7.72. The van der Waals surface area contributed by atoms with Crippen molar-refractivity contribution in [2.75, 3.05) is 19.8 Å². The van der Waals surface area contributed by atoms with Gasteiger partial charge in [0, 0.05) is 24.2 Å². The second-order valence-electron chi connectivity index (χ2n) is 5.08. The number of rotatable bonds is 4. The van der Waals surface area contributed by atoms with Crippen molar-refractivity contribution in [3.8, 4) is 23.7 Å². The molecular weight excluding hydrogens is 276 g/mol. The number of hydrogen-bond acceptors (Lipinski definition) is 3. The van der Waals surface area contributed by atoms with Gasteiger partial charge in [0.15, 0.2) is 6.29 Å². The highest BCUT2D eigenvalue weighted by atomic mass is 16.7. The number of benzene rings is 1. The monoisotopic (exact) mass is 298 g/mol. The van der Waals surface area contributed by atoms with E-state index >= 15 is 0 Å². The van der Waals surface area contributed by atoms with Crippen molar-refractivity contribution in [2.24, 2.45) is 0 Å². The molecule has 0 radical (unpaired) electrons. The molecule has 0 bridgehead atoms. The van der Waals surface area contributed by atoms with Crippen LogP contribution >= 0.6 is 0 Å². The average Bonchev–Trinajstić information content (AvgIpc) is 2.58. The number of unbranched alkanes of at least 4 members (excludes halogenated alkanes) is 1. The van der Waals surface area contributed by atoms with Crippen molar-refractivity contribution < 1.29 is 14.6 Å². The third-order valence-electron chi connectivity index (χ3n) is 3.34. The highest BCUT2D eigenvalue weighted by Crippen LogP contribution is 2.13. The van der Waals surface area contributed by atoms with Gasteiger partial charge in [-0.05, 0) is 37.8 Å². The Morgan fingerprint density at radius 1 is 1.14 bits per heavy atom. The fourth-order valence-corrected chi connectivity index (χ4v) is 2.21. The summed E-state index contributed by atoms with van der Waals surface area (Å²) in [5.41, 5.74) is 1.76. The van der Waals surface area contributed by atoms with Gasteiger partial charge in [-0.25, -0.2) is 0 Å². The molecular formula is C19H22O3. The summed E-state index contributed by atoms with van der Waals surface area (Å²) in [4.78, 5) is 0. The van der Waals surface area contributed by atoms with E-state index in [9.17, 15) is 0 Å². The summed E-state index contributed by atoms with van der Waals surface area (Å²) in [6.45, 7) is 1.36. The second-order valence-corrected chi connectivity index (χ2v) is 5.08. The van der Waals surface area contributed by atoms with Crippen LogP contribution in [0.5, 0.6) is 0 Å². The van der Waals surface area contributed by atoms with Gasteiger partial charge in [-0.15, -0.1) is 0 Å². The molecule has 1 aromatic carbocycles. The Labute approximate surface area is 132 Å². The van der Waals surface area contributed by atoms with Crippen molar-refractivity contribution >= 4 is 0 Å². The van der Waals surface area contributed by atoms with Crippen LogP contribution in [0.3, 0.4) is 0 Å². The SMILES string of the molecule is OCC#Cc1ccccc1C#CCCCOC1CCCCO1. The lowest BCUT2D eigenvalue weighted by Gasteiger charge is -2.22. The Bertz CT molecular complexity index is 566. The summed E-state index contributed by atoms with van der Waals surface area (Å²) >= 11 is 0. The molecule has 1 unspecified atom stereocenters. The van der Waals surface area contributed by atoms with Crippen LogP contribution in [-0.2, 0) is 9.47 Å². The van der Waals surface area contributed by atoms with Crippen molar-refractivity contribution in [1.82, 2.24) is 0 Å². The van der Waals surface area contributed by atoms with Gasteiger partial charge in [-0.1, -0.05) is 35.8 Å². The van der Waals surface area contributed by atoms with Crippen LogP contribution in [0.25, 0.3) is 0 Å².